The number of halogens is 3. The number of fused-ring (bicyclic) bond motifs is 2. The largest absolute Gasteiger partial charge is 0.443 e. The number of nitrogens with zero attached hydrogens (tertiary/aromatic N) is 1. The van der Waals surface area contributed by atoms with Crippen molar-refractivity contribution < 1.29 is 18.3 Å². The zero-order valence-electron chi connectivity index (χ0n) is 11.7. The van der Waals surface area contributed by atoms with Crippen LogP contribution in [0.15, 0.2) is 6.20 Å². The summed E-state index contributed by atoms with van der Waals surface area (Å²) in [5.74, 6) is 0.355. The fourth-order valence-corrected chi connectivity index (χ4v) is 5.64. The van der Waals surface area contributed by atoms with Crippen LogP contribution in [0.3, 0.4) is 0 Å². The Bertz CT molecular complexity index is 546. The summed E-state index contributed by atoms with van der Waals surface area (Å²) in [6.45, 7) is 5.93. The highest BCUT2D eigenvalue weighted by Crippen LogP contribution is 2.72. The van der Waals surface area contributed by atoms with E-state index >= 15 is 0 Å². The Hall–Kier alpha value is -0.620. The van der Waals surface area contributed by atoms with Crippen LogP contribution < -0.4 is 0 Å². The minimum atomic E-state index is -4.44. The van der Waals surface area contributed by atoms with Crippen LogP contribution in [0.4, 0.5) is 13.2 Å². The average Bonchev–Trinajstić information content (AvgIpc) is 2.95. The lowest BCUT2D eigenvalue weighted by molar-refractivity contribution is -0.148. The molecule has 6 heteroatoms. The second kappa shape index (κ2) is 3.77. The van der Waals surface area contributed by atoms with Crippen LogP contribution in [0.25, 0.3) is 0 Å². The Morgan fingerprint density at radius 2 is 2.00 bits per heavy atom. The minimum Gasteiger partial charge on any atom is -0.383 e. The predicted molar refractivity (Wildman–Crippen MR) is 70.2 cm³/mol. The molecule has 3 atom stereocenters. The third-order valence-corrected chi connectivity index (χ3v) is 6.82. The molecule has 1 heterocycles. The molecule has 1 aromatic rings. The van der Waals surface area contributed by atoms with Crippen molar-refractivity contribution in [2.45, 2.75) is 51.8 Å². The highest BCUT2D eigenvalue weighted by Gasteiger charge is 2.69. The molecule has 2 nitrogen and oxygen atoms in total. The first kappa shape index (κ1) is 14.3. The molecule has 0 spiro atoms. The van der Waals surface area contributed by atoms with Gasteiger partial charge in [0.05, 0.1) is 4.88 Å². The highest BCUT2D eigenvalue weighted by atomic mass is 32.1. The van der Waals surface area contributed by atoms with Crippen molar-refractivity contribution in [3.8, 4) is 0 Å². The fourth-order valence-electron chi connectivity index (χ4n) is 4.45. The van der Waals surface area contributed by atoms with Crippen LogP contribution in [0.1, 0.15) is 49.9 Å². The molecule has 2 saturated carbocycles. The van der Waals surface area contributed by atoms with Gasteiger partial charge in [-0.05, 0) is 25.2 Å². The van der Waals surface area contributed by atoms with Crippen LogP contribution in [0.2, 0.25) is 0 Å². The molecule has 2 aliphatic rings. The molecule has 0 amide bonds. The SMILES string of the molecule is CC12CCC(C1)C(C)(C)C2(O)c1cnc(C(F)(F)F)s1. The van der Waals surface area contributed by atoms with Crippen molar-refractivity contribution in [3.63, 3.8) is 0 Å². The molecule has 112 valence electrons. The van der Waals surface area contributed by atoms with Gasteiger partial charge in [-0.2, -0.15) is 13.2 Å². The van der Waals surface area contributed by atoms with Crippen molar-refractivity contribution in [1.29, 1.82) is 0 Å². The maximum Gasteiger partial charge on any atom is 0.443 e. The monoisotopic (exact) mass is 305 g/mol. The lowest BCUT2D eigenvalue weighted by Gasteiger charge is -2.50. The van der Waals surface area contributed by atoms with Crippen molar-refractivity contribution in [1.82, 2.24) is 4.98 Å². The second-order valence-corrected chi connectivity index (χ2v) is 7.99. The fraction of sp³-hybridized carbons (Fsp3) is 0.786. The van der Waals surface area contributed by atoms with E-state index in [0.29, 0.717) is 22.1 Å². The molecule has 0 aromatic carbocycles. The number of aliphatic hydroxyl groups is 1. The molecular formula is C14H18F3NOS. The standard InChI is InChI=1S/C14H18F3NOS/c1-11(2)8-4-5-12(3,6-8)13(11,19)9-7-18-10(20-9)14(15,16)17/h7-8,19H,4-6H2,1-3H3. The topological polar surface area (TPSA) is 33.1 Å². The highest BCUT2D eigenvalue weighted by molar-refractivity contribution is 7.11. The molecule has 2 bridgehead atoms. The van der Waals surface area contributed by atoms with E-state index in [1.54, 1.807) is 0 Å². The zero-order valence-corrected chi connectivity index (χ0v) is 12.5. The van der Waals surface area contributed by atoms with Gasteiger partial charge < -0.3 is 5.11 Å². The number of hydrogen-bond donors (Lipinski definition) is 1. The quantitative estimate of drug-likeness (QED) is 0.843. The molecule has 0 saturated heterocycles. The molecule has 0 radical (unpaired) electrons. The summed E-state index contributed by atoms with van der Waals surface area (Å²) >= 11 is 0.590. The van der Waals surface area contributed by atoms with Crippen LogP contribution in [-0.2, 0) is 11.8 Å². The Morgan fingerprint density at radius 3 is 2.45 bits per heavy atom. The van der Waals surface area contributed by atoms with Crippen LogP contribution in [0, 0.1) is 16.7 Å². The van der Waals surface area contributed by atoms with E-state index in [9.17, 15) is 18.3 Å². The second-order valence-electron chi connectivity index (χ2n) is 6.96. The number of hydrogen-bond acceptors (Lipinski definition) is 3. The molecule has 1 N–H and O–H groups in total. The van der Waals surface area contributed by atoms with Crippen molar-refractivity contribution >= 4 is 11.3 Å². The van der Waals surface area contributed by atoms with Crippen molar-refractivity contribution in [2.24, 2.45) is 16.7 Å². The average molecular weight is 305 g/mol. The molecule has 3 unspecified atom stereocenters. The molecule has 1 aromatic heterocycles. The van der Waals surface area contributed by atoms with Crippen LogP contribution in [-0.4, -0.2) is 10.1 Å². The summed E-state index contributed by atoms with van der Waals surface area (Å²) in [5.41, 5.74) is -1.99. The number of thiazole rings is 1. The first-order chi connectivity index (χ1) is 9.02. The molecular weight excluding hydrogens is 287 g/mol. The van der Waals surface area contributed by atoms with Gasteiger partial charge >= 0.3 is 6.18 Å². The van der Waals surface area contributed by atoms with E-state index in [1.807, 2.05) is 20.8 Å². The summed E-state index contributed by atoms with van der Waals surface area (Å²) in [4.78, 5) is 3.85. The summed E-state index contributed by atoms with van der Waals surface area (Å²) in [6.07, 6.45) is -0.452. The third kappa shape index (κ3) is 1.52. The first-order valence-corrected chi connectivity index (χ1v) is 7.60. The van der Waals surface area contributed by atoms with E-state index in [4.69, 9.17) is 0 Å². The molecule has 2 aliphatic carbocycles. The Labute approximate surface area is 120 Å². The van der Waals surface area contributed by atoms with Crippen LogP contribution >= 0.6 is 11.3 Å². The van der Waals surface area contributed by atoms with Gasteiger partial charge in [0, 0.05) is 17.0 Å². The maximum absolute atomic E-state index is 12.8. The van der Waals surface area contributed by atoms with Gasteiger partial charge in [0.15, 0.2) is 5.01 Å². The Kier molecular flexibility index (Phi) is 2.70. The third-order valence-electron chi connectivity index (χ3n) is 5.67. The summed E-state index contributed by atoms with van der Waals surface area (Å²) in [5, 5.41) is 10.4. The normalized spacial score (nSPS) is 39.5. The van der Waals surface area contributed by atoms with Crippen molar-refractivity contribution in [2.75, 3.05) is 0 Å². The molecule has 3 rings (SSSR count). The zero-order chi connectivity index (χ0) is 15.0. The van der Waals surface area contributed by atoms with Gasteiger partial charge in [0.2, 0.25) is 0 Å². The number of rotatable bonds is 1. The molecule has 20 heavy (non-hydrogen) atoms. The van der Waals surface area contributed by atoms with Crippen molar-refractivity contribution in [3.05, 3.63) is 16.1 Å². The molecule has 2 fully saturated rings. The van der Waals surface area contributed by atoms with Gasteiger partial charge in [-0.3, -0.25) is 0 Å². The summed E-state index contributed by atoms with van der Waals surface area (Å²) in [6, 6.07) is 0. The maximum atomic E-state index is 12.8. The van der Waals surface area contributed by atoms with Gasteiger partial charge in [0.1, 0.15) is 5.60 Å². The predicted octanol–water partition coefficient (Wildman–Crippen LogP) is 4.20. The van der Waals surface area contributed by atoms with E-state index in [0.717, 1.165) is 19.3 Å². The van der Waals surface area contributed by atoms with E-state index < -0.39 is 22.2 Å². The Morgan fingerprint density at radius 1 is 1.35 bits per heavy atom. The Balaban J connectivity index is 2.10. The van der Waals surface area contributed by atoms with E-state index in [-0.39, 0.29) is 5.41 Å². The summed E-state index contributed by atoms with van der Waals surface area (Å²) < 4.78 is 38.3. The lowest BCUT2D eigenvalue weighted by atomic mass is 9.60. The van der Waals surface area contributed by atoms with Gasteiger partial charge in [-0.25, -0.2) is 4.98 Å². The molecule has 0 aliphatic heterocycles. The number of aromatic nitrogens is 1. The minimum absolute atomic E-state index is 0.351. The number of alkyl halides is 3. The van der Waals surface area contributed by atoms with Crippen LogP contribution in [0.5, 0.6) is 0 Å². The van der Waals surface area contributed by atoms with Gasteiger partial charge in [-0.1, -0.05) is 20.8 Å². The smallest absolute Gasteiger partial charge is 0.383 e. The van der Waals surface area contributed by atoms with E-state index in [2.05, 4.69) is 4.98 Å². The first-order valence-electron chi connectivity index (χ1n) is 6.78. The van der Waals surface area contributed by atoms with Gasteiger partial charge in [0.25, 0.3) is 0 Å². The van der Waals surface area contributed by atoms with E-state index in [1.165, 1.54) is 6.20 Å². The van der Waals surface area contributed by atoms with Gasteiger partial charge in [-0.15, -0.1) is 11.3 Å². The summed E-state index contributed by atoms with van der Waals surface area (Å²) in [7, 11) is 0. The lowest BCUT2D eigenvalue weighted by Crippen LogP contribution is -2.50.